The second-order valence-corrected chi connectivity index (χ2v) is 7.32. The highest BCUT2D eigenvalue weighted by molar-refractivity contribution is 6.28. The van der Waals surface area contributed by atoms with Crippen molar-refractivity contribution in [3.05, 3.63) is 59.1 Å². The predicted octanol–water partition coefficient (Wildman–Crippen LogP) is 5.13. The standard InChI is InChI=1S/C19H15ClF4N6/c1-10(2)29-9-15(19(22,23)24)27-17(29)13-4-3-11(5-14(13)21)8-30-16-12(7-26-30)6-25-18(20)28-16/h3-7,9-10H,8H2,1-2H3. The minimum atomic E-state index is -4.62. The Balaban J connectivity index is 1.70. The zero-order valence-electron chi connectivity index (χ0n) is 15.8. The zero-order chi connectivity index (χ0) is 21.6. The van der Waals surface area contributed by atoms with Crippen molar-refractivity contribution in [2.24, 2.45) is 0 Å². The number of fused-ring (bicyclic) bond motifs is 1. The average molecular weight is 439 g/mol. The monoisotopic (exact) mass is 438 g/mol. The molecule has 0 N–H and O–H groups in total. The SMILES string of the molecule is CC(C)n1cc(C(F)(F)F)nc1-c1ccc(Cn2ncc3cnc(Cl)nc32)cc1F. The molecule has 1 aromatic carbocycles. The zero-order valence-corrected chi connectivity index (χ0v) is 16.6. The van der Waals surface area contributed by atoms with Crippen LogP contribution < -0.4 is 0 Å². The summed E-state index contributed by atoms with van der Waals surface area (Å²) in [5.74, 6) is -0.761. The van der Waals surface area contributed by atoms with E-state index in [-0.39, 0.29) is 29.3 Å². The molecule has 0 amide bonds. The van der Waals surface area contributed by atoms with Crippen LogP contribution in [0.25, 0.3) is 22.4 Å². The van der Waals surface area contributed by atoms with E-state index in [1.807, 2.05) is 0 Å². The fourth-order valence-electron chi connectivity index (χ4n) is 3.10. The number of benzene rings is 1. The largest absolute Gasteiger partial charge is 0.434 e. The molecule has 0 bridgehead atoms. The highest BCUT2D eigenvalue weighted by Gasteiger charge is 2.35. The Labute approximate surface area is 173 Å². The molecule has 0 unspecified atom stereocenters. The van der Waals surface area contributed by atoms with E-state index in [2.05, 4.69) is 20.1 Å². The van der Waals surface area contributed by atoms with Crippen molar-refractivity contribution < 1.29 is 17.6 Å². The van der Waals surface area contributed by atoms with Crippen molar-refractivity contribution in [2.75, 3.05) is 0 Å². The molecule has 156 valence electrons. The Morgan fingerprint density at radius 1 is 1.13 bits per heavy atom. The Bertz CT molecular complexity index is 1230. The third-order valence-electron chi connectivity index (χ3n) is 4.53. The van der Waals surface area contributed by atoms with Gasteiger partial charge in [-0.3, -0.25) is 0 Å². The molecule has 6 nitrogen and oxygen atoms in total. The number of alkyl halides is 3. The van der Waals surface area contributed by atoms with Gasteiger partial charge in [-0.25, -0.2) is 19.0 Å². The van der Waals surface area contributed by atoms with Gasteiger partial charge in [0.15, 0.2) is 11.3 Å². The third kappa shape index (κ3) is 3.74. The molecule has 0 saturated carbocycles. The average Bonchev–Trinajstić information content (AvgIpc) is 3.27. The highest BCUT2D eigenvalue weighted by atomic mass is 35.5. The van der Waals surface area contributed by atoms with E-state index >= 15 is 0 Å². The second kappa shape index (κ2) is 7.35. The van der Waals surface area contributed by atoms with Gasteiger partial charge in [0.1, 0.15) is 11.6 Å². The van der Waals surface area contributed by atoms with E-state index in [1.165, 1.54) is 27.6 Å². The van der Waals surface area contributed by atoms with Crippen LogP contribution in [0.3, 0.4) is 0 Å². The lowest BCUT2D eigenvalue weighted by atomic mass is 10.1. The molecular formula is C19H15ClF4N6. The van der Waals surface area contributed by atoms with Crippen molar-refractivity contribution in [1.82, 2.24) is 29.3 Å². The maximum atomic E-state index is 14.9. The molecule has 4 aromatic rings. The summed E-state index contributed by atoms with van der Waals surface area (Å²) >= 11 is 5.83. The number of hydrogen-bond acceptors (Lipinski definition) is 4. The van der Waals surface area contributed by atoms with Crippen LogP contribution in [0, 0.1) is 5.82 Å². The summed E-state index contributed by atoms with van der Waals surface area (Å²) in [6.45, 7) is 3.60. The Morgan fingerprint density at radius 2 is 1.90 bits per heavy atom. The number of nitrogens with zero attached hydrogens (tertiary/aromatic N) is 6. The van der Waals surface area contributed by atoms with E-state index in [0.717, 1.165) is 6.20 Å². The number of rotatable bonds is 4. The second-order valence-electron chi connectivity index (χ2n) is 6.98. The first-order valence-electron chi connectivity index (χ1n) is 8.92. The van der Waals surface area contributed by atoms with Crippen LogP contribution in [0.4, 0.5) is 17.6 Å². The van der Waals surface area contributed by atoms with Crippen LogP contribution in [0.5, 0.6) is 0 Å². The highest BCUT2D eigenvalue weighted by Crippen LogP contribution is 2.33. The maximum Gasteiger partial charge on any atom is 0.434 e. The molecule has 11 heteroatoms. The van der Waals surface area contributed by atoms with Gasteiger partial charge < -0.3 is 4.57 Å². The Hall–Kier alpha value is -3.01. The maximum absolute atomic E-state index is 14.9. The molecule has 0 aliphatic carbocycles. The topological polar surface area (TPSA) is 61.4 Å². The van der Waals surface area contributed by atoms with Crippen LogP contribution in [0.15, 0.2) is 36.8 Å². The van der Waals surface area contributed by atoms with Gasteiger partial charge in [0.05, 0.1) is 23.7 Å². The molecule has 3 heterocycles. The van der Waals surface area contributed by atoms with E-state index in [1.54, 1.807) is 26.1 Å². The summed E-state index contributed by atoms with van der Waals surface area (Å²) in [6.07, 6.45) is -0.626. The third-order valence-corrected chi connectivity index (χ3v) is 4.72. The van der Waals surface area contributed by atoms with E-state index in [9.17, 15) is 17.6 Å². The molecule has 30 heavy (non-hydrogen) atoms. The van der Waals surface area contributed by atoms with Gasteiger partial charge in [-0.05, 0) is 43.1 Å². The van der Waals surface area contributed by atoms with Gasteiger partial charge in [0.2, 0.25) is 5.28 Å². The van der Waals surface area contributed by atoms with Crippen molar-refractivity contribution >= 4 is 22.6 Å². The number of imidazole rings is 1. The van der Waals surface area contributed by atoms with E-state index in [0.29, 0.717) is 16.6 Å². The molecule has 3 aromatic heterocycles. The lowest BCUT2D eigenvalue weighted by molar-refractivity contribution is -0.140. The Morgan fingerprint density at radius 3 is 2.57 bits per heavy atom. The first-order valence-corrected chi connectivity index (χ1v) is 9.30. The summed E-state index contributed by atoms with van der Waals surface area (Å²) in [5, 5.41) is 4.94. The Kier molecular flexibility index (Phi) is 4.97. The van der Waals surface area contributed by atoms with Gasteiger partial charge >= 0.3 is 6.18 Å². The van der Waals surface area contributed by atoms with E-state index in [4.69, 9.17) is 11.6 Å². The first kappa shape index (κ1) is 20.3. The molecule has 0 fully saturated rings. The van der Waals surface area contributed by atoms with Gasteiger partial charge in [0, 0.05) is 18.4 Å². The van der Waals surface area contributed by atoms with Gasteiger partial charge in [0.25, 0.3) is 0 Å². The van der Waals surface area contributed by atoms with Gasteiger partial charge in [-0.2, -0.15) is 23.3 Å². The molecule has 0 radical (unpaired) electrons. The molecular weight excluding hydrogens is 424 g/mol. The van der Waals surface area contributed by atoms with Crippen LogP contribution in [-0.4, -0.2) is 29.3 Å². The van der Waals surface area contributed by atoms with Crippen molar-refractivity contribution in [2.45, 2.75) is 32.6 Å². The summed E-state index contributed by atoms with van der Waals surface area (Å²) in [7, 11) is 0. The van der Waals surface area contributed by atoms with Crippen molar-refractivity contribution in [3.63, 3.8) is 0 Å². The van der Waals surface area contributed by atoms with Gasteiger partial charge in [-0.1, -0.05) is 6.07 Å². The number of halogens is 5. The summed E-state index contributed by atoms with van der Waals surface area (Å²) < 4.78 is 57.0. The van der Waals surface area contributed by atoms with Crippen LogP contribution in [-0.2, 0) is 12.7 Å². The fraction of sp³-hybridized carbons (Fsp3) is 0.263. The summed E-state index contributed by atoms with van der Waals surface area (Å²) in [4.78, 5) is 11.6. The van der Waals surface area contributed by atoms with Crippen molar-refractivity contribution in [1.29, 1.82) is 0 Å². The normalized spacial score (nSPS) is 12.3. The molecule has 0 atom stereocenters. The molecule has 4 rings (SSSR count). The molecule has 0 aliphatic rings. The quantitative estimate of drug-likeness (QED) is 0.327. The van der Waals surface area contributed by atoms with Crippen LogP contribution in [0.2, 0.25) is 5.28 Å². The van der Waals surface area contributed by atoms with Crippen LogP contribution in [0.1, 0.15) is 31.1 Å². The number of hydrogen-bond donors (Lipinski definition) is 0. The number of aromatic nitrogens is 6. The van der Waals surface area contributed by atoms with E-state index < -0.39 is 17.7 Å². The molecule has 0 saturated heterocycles. The van der Waals surface area contributed by atoms with Crippen molar-refractivity contribution in [3.8, 4) is 11.4 Å². The summed E-state index contributed by atoms with van der Waals surface area (Å²) in [6, 6.07) is 3.95. The fourth-order valence-corrected chi connectivity index (χ4v) is 3.22. The lowest BCUT2D eigenvalue weighted by Gasteiger charge is -2.12. The molecule has 0 aliphatic heterocycles. The summed E-state index contributed by atoms with van der Waals surface area (Å²) in [5.41, 5.74) is -0.0350. The smallest absolute Gasteiger partial charge is 0.328 e. The van der Waals surface area contributed by atoms with Gasteiger partial charge in [-0.15, -0.1) is 0 Å². The predicted molar refractivity (Wildman–Crippen MR) is 102 cm³/mol. The lowest BCUT2D eigenvalue weighted by Crippen LogP contribution is -2.05. The first-order chi connectivity index (χ1) is 14.1. The minimum Gasteiger partial charge on any atom is -0.328 e. The minimum absolute atomic E-state index is 0.0151. The van der Waals surface area contributed by atoms with Crippen LogP contribution >= 0.6 is 11.6 Å². The molecule has 0 spiro atoms.